The Morgan fingerprint density at radius 2 is 0.449 bits per heavy atom. The molecule has 0 atom stereocenters. The topological polar surface area (TPSA) is 55.2 Å². The predicted molar refractivity (Wildman–Crippen MR) is 587 cm³/mol. The molecular weight excluding hydrogens is 1710 g/mol. The third kappa shape index (κ3) is 13.7. The van der Waals surface area contributed by atoms with Crippen LogP contribution in [0, 0.1) is 0 Å². The SMILES string of the molecule is c1ccc(B2c3c(c4ccccc4n3-c3ccccc3)N(c3ccc(-c4ccccc4)cc3)c3c2n(-c2ccccc2)c2ccccc32)cc1.c1ccc(B2c3c(c4ccccc4n3-c3ccccc3)N(c3ccccc3)c3c2n(-c2ccccc2)c2ccccc32)cc1.c1ccc(B2c3sc4ccccc4c3N(c3cccc(-c4cncc(-c5ccccc5)n4)c3)c3c2sc2ccccc32)cc1. The first kappa shape index (κ1) is 81.5. The Labute approximate surface area is 809 Å². The van der Waals surface area contributed by atoms with Crippen LogP contribution in [0.1, 0.15) is 0 Å². The standard InChI is InChI=1S/C46H32BN3.C40H28BN3.C38H24BN3S2/c1-5-17-33(18-6-1)34-29-31-38(32-30-34)50-43-39-25-13-15-27-41(39)48(36-21-9-3-10-22-36)45(43)47(35-19-7-2-8-20-35)46-44(50)40-26-14-16-28-42(40)49(46)37-23-11-4-12-24-37;1-5-17-29(18-6-1)41-39-37(33-25-13-15-27-35(33)42(39)30-19-7-2-8-20-30)44(32-23-11-4-12-24-32)38-34-26-14-16-28-36(34)43(40(38)41)31-21-9-3-10-22-31;1-3-12-25(13-4-1)31-23-40-24-32(41-31)26-14-11-17-28(22-26)42-35-29-18-7-9-20-33(29)43-37(35)39(27-15-5-2-6-16-27)38-36(42)30-19-8-10-21-34(30)44-38/h1-32H;1-28H;1-24H. The quantitative estimate of drug-likeness (QED) is 0.108. The Kier molecular flexibility index (Phi) is 20.4. The van der Waals surface area contributed by atoms with Gasteiger partial charge in [0.25, 0.3) is 20.1 Å². The first-order chi connectivity index (χ1) is 68.6. The van der Waals surface area contributed by atoms with E-state index in [2.05, 4.69) is 517 Å². The number of hydrogen-bond acceptors (Lipinski definition) is 7. The van der Waals surface area contributed by atoms with Crippen LogP contribution in [0.5, 0.6) is 0 Å². The van der Waals surface area contributed by atoms with Crippen LogP contribution in [0.4, 0.5) is 51.2 Å². The number of anilines is 9. The Morgan fingerprint density at radius 3 is 0.819 bits per heavy atom. The van der Waals surface area contributed by atoms with Gasteiger partial charge in [-0.1, -0.05) is 393 Å². The molecule has 14 heteroatoms. The lowest BCUT2D eigenvalue weighted by molar-refractivity contribution is 1.13. The lowest BCUT2D eigenvalue weighted by Crippen LogP contribution is -2.60. The first-order valence-corrected chi connectivity index (χ1v) is 48.7. The highest BCUT2D eigenvalue weighted by atomic mass is 32.1. The zero-order valence-corrected chi connectivity index (χ0v) is 76.7. The molecule has 0 unspecified atom stereocenters. The lowest BCUT2D eigenvalue weighted by Gasteiger charge is -2.35. The number of thiophene rings is 2. The molecule has 9 nitrogen and oxygen atoms in total. The van der Waals surface area contributed by atoms with Crippen LogP contribution in [-0.2, 0) is 0 Å². The maximum absolute atomic E-state index is 5.04. The van der Waals surface area contributed by atoms with Gasteiger partial charge in [-0.25, -0.2) is 4.98 Å². The third-order valence-electron chi connectivity index (χ3n) is 27.5. The number of aromatic nitrogens is 6. The van der Waals surface area contributed by atoms with Crippen molar-refractivity contribution in [2.45, 2.75) is 0 Å². The third-order valence-corrected chi connectivity index (χ3v) is 29.9. The molecule has 25 aromatic rings. The minimum absolute atomic E-state index is 0.0404. The van der Waals surface area contributed by atoms with E-state index in [4.69, 9.17) is 4.98 Å². The summed E-state index contributed by atoms with van der Waals surface area (Å²) in [5.74, 6) is 0. The molecule has 28 rings (SSSR count). The number of rotatable bonds is 13. The second kappa shape index (κ2) is 34.6. The Bertz CT molecular complexity index is 8510. The molecule has 0 N–H and O–H groups in total. The average molecular weight is 1800 g/mol. The summed E-state index contributed by atoms with van der Waals surface area (Å²) in [5.41, 5.74) is 35.4. The van der Waals surface area contributed by atoms with Crippen LogP contribution < -0.4 is 63.0 Å². The fourth-order valence-electron chi connectivity index (χ4n) is 21.8. The zero-order chi connectivity index (χ0) is 91.1. The summed E-state index contributed by atoms with van der Waals surface area (Å²) < 4.78 is 15.4. The van der Waals surface area contributed by atoms with Gasteiger partial charge in [0, 0.05) is 125 Å². The number of hydrogen-bond donors (Lipinski definition) is 0. The van der Waals surface area contributed by atoms with E-state index in [1.807, 2.05) is 53.3 Å². The molecule has 138 heavy (non-hydrogen) atoms. The van der Waals surface area contributed by atoms with Gasteiger partial charge in [-0.05, 0) is 132 Å². The van der Waals surface area contributed by atoms with Crippen molar-refractivity contribution in [2.75, 3.05) is 14.7 Å². The highest BCUT2D eigenvalue weighted by Crippen LogP contribution is 2.52. The van der Waals surface area contributed by atoms with Crippen molar-refractivity contribution in [2.24, 2.45) is 0 Å². The van der Waals surface area contributed by atoms with Crippen molar-refractivity contribution >= 4 is 206 Å². The molecule has 646 valence electrons. The monoisotopic (exact) mass is 1800 g/mol. The van der Waals surface area contributed by atoms with Gasteiger partial charge in [-0.15, -0.1) is 22.7 Å². The fourth-order valence-corrected chi connectivity index (χ4v) is 24.5. The molecule has 0 aliphatic carbocycles. The molecule has 0 saturated carbocycles. The molecule has 10 heterocycles. The van der Waals surface area contributed by atoms with Gasteiger partial charge in [-0.2, -0.15) is 0 Å². The number of para-hydroxylation sites is 9. The summed E-state index contributed by atoms with van der Waals surface area (Å²) >= 11 is 3.83. The first-order valence-electron chi connectivity index (χ1n) is 47.1. The molecule has 0 saturated heterocycles. The molecule has 0 radical (unpaired) electrons. The van der Waals surface area contributed by atoms with Crippen molar-refractivity contribution < 1.29 is 0 Å². The van der Waals surface area contributed by atoms with Gasteiger partial charge in [0.05, 0.1) is 80.0 Å². The fraction of sp³-hybridized carbons (Fsp3) is 0. The normalized spacial score (nSPS) is 12.4. The van der Waals surface area contributed by atoms with E-state index in [9.17, 15) is 0 Å². The Hall–Kier alpha value is -17.3. The van der Waals surface area contributed by atoms with Crippen LogP contribution in [0.3, 0.4) is 0 Å². The van der Waals surface area contributed by atoms with Crippen molar-refractivity contribution in [1.82, 2.24) is 28.2 Å². The van der Waals surface area contributed by atoms with Crippen molar-refractivity contribution in [1.29, 1.82) is 0 Å². The van der Waals surface area contributed by atoms with Gasteiger partial charge in [0.1, 0.15) is 0 Å². The van der Waals surface area contributed by atoms with Crippen LogP contribution >= 0.6 is 22.7 Å². The summed E-state index contributed by atoms with van der Waals surface area (Å²) in [6, 6.07) is 179. The maximum Gasteiger partial charge on any atom is 0.289 e. The zero-order valence-electron chi connectivity index (χ0n) is 75.1. The molecule has 3 aliphatic rings. The summed E-state index contributed by atoms with van der Waals surface area (Å²) in [4.78, 5) is 17.2. The smallest absolute Gasteiger partial charge is 0.289 e. The van der Waals surface area contributed by atoms with Gasteiger partial charge < -0.3 is 33.0 Å². The van der Waals surface area contributed by atoms with E-state index < -0.39 is 0 Å². The molecule has 18 aromatic carbocycles. The van der Waals surface area contributed by atoms with Gasteiger partial charge >= 0.3 is 0 Å². The van der Waals surface area contributed by atoms with Crippen LogP contribution in [-0.4, -0.2) is 48.4 Å². The van der Waals surface area contributed by atoms with Crippen LogP contribution in [0.25, 0.3) is 120 Å². The van der Waals surface area contributed by atoms with E-state index in [1.54, 1.807) is 0 Å². The molecule has 7 aromatic heterocycles. The summed E-state index contributed by atoms with van der Waals surface area (Å²) in [6.45, 7) is 0.0616. The molecular formula is C124H84B3N9S2. The van der Waals surface area contributed by atoms with Crippen molar-refractivity contribution in [3.63, 3.8) is 0 Å². The van der Waals surface area contributed by atoms with E-state index in [0.29, 0.717) is 0 Å². The van der Waals surface area contributed by atoms with Gasteiger partial charge in [0.2, 0.25) is 0 Å². The predicted octanol–water partition coefficient (Wildman–Crippen LogP) is 26.0. The molecule has 0 spiro atoms. The van der Waals surface area contributed by atoms with Crippen LogP contribution in [0.15, 0.2) is 510 Å². The Balaban J connectivity index is 0.000000107. The lowest BCUT2D eigenvalue weighted by atomic mass is 9.38. The number of fused-ring (bicyclic) bond motifs is 18. The van der Waals surface area contributed by atoms with Gasteiger partial charge in [-0.3, -0.25) is 4.98 Å². The van der Waals surface area contributed by atoms with E-state index in [1.165, 1.54) is 157 Å². The second-order valence-electron chi connectivity index (χ2n) is 35.3. The van der Waals surface area contributed by atoms with E-state index >= 15 is 0 Å². The Morgan fingerprint density at radius 1 is 0.188 bits per heavy atom. The minimum Gasteiger partial charge on any atom is -0.319 e. The van der Waals surface area contributed by atoms with Crippen molar-refractivity contribution in [3.05, 3.63) is 510 Å². The summed E-state index contributed by atoms with van der Waals surface area (Å²) in [6.07, 6.45) is 3.70. The highest BCUT2D eigenvalue weighted by Gasteiger charge is 2.48. The minimum atomic E-state index is -0.0683. The maximum atomic E-state index is 5.04. The van der Waals surface area contributed by atoms with E-state index in [0.717, 1.165) is 62.3 Å². The molecule has 0 bridgehead atoms. The number of nitrogens with zero attached hydrogens (tertiary/aromatic N) is 9. The summed E-state index contributed by atoms with van der Waals surface area (Å²) in [5, 5.41) is 7.48. The molecule has 3 aliphatic heterocycles. The number of benzene rings is 18. The largest absolute Gasteiger partial charge is 0.319 e. The highest BCUT2D eigenvalue weighted by molar-refractivity contribution is 7.40. The van der Waals surface area contributed by atoms with E-state index in [-0.39, 0.29) is 20.1 Å². The second-order valence-corrected chi connectivity index (χ2v) is 37.5. The average Bonchev–Trinajstić information content (AvgIpc) is 1.53. The summed E-state index contributed by atoms with van der Waals surface area (Å²) in [7, 11) is 0. The van der Waals surface area contributed by atoms with Gasteiger partial charge in [0.15, 0.2) is 0 Å². The van der Waals surface area contributed by atoms with Crippen molar-refractivity contribution in [3.8, 4) is 56.4 Å². The molecule has 0 fully saturated rings. The molecule has 0 amide bonds. The van der Waals surface area contributed by atoms with Crippen LogP contribution in [0.2, 0.25) is 0 Å².